The summed E-state index contributed by atoms with van der Waals surface area (Å²) in [5, 5.41) is 4.37. The summed E-state index contributed by atoms with van der Waals surface area (Å²) in [5.74, 6) is 1.14. The van der Waals surface area contributed by atoms with Crippen LogP contribution >= 0.6 is 23.2 Å². The number of aromatic nitrogens is 1. The number of hydrogen-bond donors (Lipinski definition) is 1. The summed E-state index contributed by atoms with van der Waals surface area (Å²) >= 11 is 11.9. The number of halogens is 2. The minimum Gasteiger partial charge on any atom is -0.440 e. The highest BCUT2D eigenvalue weighted by Gasteiger charge is 2.21. The van der Waals surface area contributed by atoms with Crippen LogP contribution in [-0.4, -0.2) is 18.1 Å². The van der Waals surface area contributed by atoms with Gasteiger partial charge in [-0.3, -0.25) is 0 Å². The monoisotopic (exact) mass is 270 g/mol. The second kappa shape index (κ2) is 4.48. The zero-order valence-electron chi connectivity index (χ0n) is 9.17. The predicted molar refractivity (Wildman–Crippen MR) is 68.9 cm³/mol. The molecule has 1 aliphatic heterocycles. The number of fused-ring (bicyclic) bond motifs is 1. The van der Waals surface area contributed by atoms with E-state index in [4.69, 9.17) is 27.6 Å². The number of oxazole rings is 1. The molecule has 2 aromatic rings. The van der Waals surface area contributed by atoms with E-state index in [1.165, 1.54) is 0 Å². The van der Waals surface area contributed by atoms with E-state index in [1.54, 1.807) is 12.1 Å². The first-order valence-electron chi connectivity index (χ1n) is 5.70. The van der Waals surface area contributed by atoms with Crippen molar-refractivity contribution in [3.8, 4) is 0 Å². The van der Waals surface area contributed by atoms with Crippen LogP contribution < -0.4 is 5.32 Å². The lowest BCUT2D eigenvalue weighted by Gasteiger charge is -2.19. The van der Waals surface area contributed by atoms with Crippen LogP contribution in [0.4, 0.5) is 0 Å². The van der Waals surface area contributed by atoms with Gasteiger partial charge in [-0.05, 0) is 25.5 Å². The Morgan fingerprint density at radius 3 is 2.88 bits per heavy atom. The number of nitrogens with zero attached hydrogens (tertiary/aromatic N) is 1. The van der Waals surface area contributed by atoms with Crippen LogP contribution in [0, 0.1) is 0 Å². The maximum absolute atomic E-state index is 5.96. The predicted octanol–water partition coefficient (Wildman–Crippen LogP) is 3.60. The van der Waals surface area contributed by atoms with Gasteiger partial charge in [0.1, 0.15) is 5.52 Å². The molecule has 1 aromatic heterocycles. The van der Waals surface area contributed by atoms with E-state index in [0.717, 1.165) is 37.3 Å². The number of rotatable bonds is 1. The van der Waals surface area contributed by atoms with Crippen molar-refractivity contribution in [2.24, 2.45) is 0 Å². The molecular formula is C12H12Cl2N2O. The van der Waals surface area contributed by atoms with Gasteiger partial charge < -0.3 is 9.73 Å². The highest BCUT2D eigenvalue weighted by Crippen LogP contribution is 2.31. The highest BCUT2D eigenvalue weighted by atomic mass is 35.5. The maximum Gasteiger partial charge on any atom is 0.199 e. The van der Waals surface area contributed by atoms with Crippen LogP contribution in [0.1, 0.15) is 24.7 Å². The van der Waals surface area contributed by atoms with Gasteiger partial charge >= 0.3 is 0 Å². The molecule has 1 fully saturated rings. The topological polar surface area (TPSA) is 38.1 Å². The Balaban J connectivity index is 2.00. The molecular weight excluding hydrogens is 259 g/mol. The molecule has 2 heterocycles. The molecule has 1 N–H and O–H groups in total. The molecule has 1 atom stereocenters. The largest absolute Gasteiger partial charge is 0.440 e. The molecule has 90 valence electrons. The van der Waals surface area contributed by atoms with Gasteiger partial charge in [-0.25, -0.2) is 4.98 Å². The van der Waals surface area contributed by atoms with Crippen LogP contribution in [0.2, 0.25) is 10.0 Å². The molecule has 0 amide bonds. The van der Waals surface area contributed by atoms with Gasteiger partial charge in [0.05, 0.1) is 10.0 Å². The molecule has 5 heteroatoms. The first-order valence-corrected chi connectivity index (χ1v) is 6.46. The fourth-order valence-corrected chi connectivity index (χ4v) is 2.49. The number of hydrogen-bond acceptors (Lipinski definition) is 3. The Hall–Kier alpha value is -0.770. The second-order valence-corrected chi connectivity index (χ2v) is 5.14. The van der Waals surface area contributed by atoms with Crippen molar-refractivity contribution >= 4 is 34.3 Å². The zero-order chi connectivity index (χ0) is 11.8. The van der Waals surface area contributed by atoms with Gasteiger partial charge in [0, 0.05) is 18.5 Å². The van der Waals surface area contributed by atoms with Crippen molar-refractivity contribution in [2.75, 3.05) is 13.1 Å². The van der Waals surface area contributed by atoms with E-state index in [-0.39, 0.29) is 0 Å². The first-order chi connectivity index (χ1) is 8.24. The van der Waals surface area contributed by atoms with Crippen molar-refractivity contribution in [1.29, 1.82) is 0 Å². The Kier molecular flexibility index (Phi) is 2.99. The summed E-state index contributed by atoms with van der Waals surface area (Å²) in [5.41, 5.74) is 1.49. The van der Waals surface area contributed by atoms with Crippen molar-refractivity contribution < 1.29 is 4.42 Å². The quantitative estimate of drug-likeness (QED) is 0.861. The van der Waals surface area contributed by atoms with Crippen molar-refractivity contribution in [1.82, 2.24) is 10.3 Å². The Labute approximate surface area is 109 Å². The van der Waals surface area contributed by atoms with Crippen molar-refractivity contribution in [2.45, 2.75) is 18.8 Å². The minimum atomic E-state index is 0.355. The van der Waals surface area contributed by atoms with Gasteiger partial charge in [-0.2, -0.15) is 0 Å². The lowest BCUT2D eigenvalue weighted by atomic mass is 10.00. The van der Waals surface area contributed by atoms with E-state index in [0.29, 0.717) is 21.5 Å². The number of benzene rings is 1. The third kappa shape index (κ3) is 2.15. The lowest BCUT2D eigenvalue weighted by Crippen LogP contribution is -2.28. The summed E-state index contributed by atoms with van der Waals surface area (Å²) in [7, 11) is 0. The molecule has 0 bridgehead atoms. The second-order valence-electron chi connectivity index (χ2n) is 4.33. The highest BCUT2D eigenvalue weighted by molar-refractivity contribution is 6.42. The van der Waals surface area contributed by atoms with Crippen LogP contribution in [0.25, 0.3) is 11.1 Å². The third-order valence-electron chi connectivity index (χ3n) is 3.09. The summed E-state index contributed by atoms with van der Waals surface area (Å²) in [6.45, 7) is 2.00. The average molecular weight is 271 g/mol. The van der Waals surface area contributed by atoms with E-state index >= 15 is 0 Å². The zero-order valence-corrected chi connectivity index (χ0v) is 10.7. The standard InChI is InChI=1S/C12H12Cl2N2O/c13-8-4-10-11(5-9(8)14)17-12(16-10)7-2-1-3-15-6-7/h4-5,7,15H,1-3,6H2. The Morgan fingerprint density at radius 1 is 1.29 bits per heavy atom. The summed E-state index contributed by atoms with van der Waals surface area (Å²) < 4.78 is 5.75. The van der Waals surface area contributed by atoms with Gasteiger partial charge in [0.15, 0.2) is 11.5 Å². The van der Waals surface area contributed by atoms with Gasteiger partial charge in [0.25, 0.3) is 0 Å². The Bertz CT molecular complexity index is 508. The third-order valence-corrected chi connectivity index (χ3v) is 3.82. The van der Waals surface area contributed by atoms with Gasteiger partial charge in [-0.15, -0.1) is 0 Å². The van der Waals surface area contributed by atoms with E-state index < -0.39 is 0 Å². The van der Waals surface area contributed by atoms with E-state index in [9.17, 15) is 0 Å². The fourth-order valence-electron chi connectivity index (χ4n) is 2.18. The average Bonchev–Trinajstić information content (AvgIpc) is 2.74. The molecule has 3 nitrogen and oxygen atoms in total. The number of piperidine rings is 1. The van der Waals surface area contributed by atoms with Crippen LogP contribution in [-0.2, 0) is 0 Å². The smallest absolute Gasteiger partial charge is 0.199 e. The molecule has 1 saturated heterocycles. The molecule has 3 rings (SSSR count). The van der Waals surface area contributed by atoms with E-state index in [1.807, 2.05) is 0 Å². The number of nitrogens with one attached hydrogen (secondary N) is 1. The normalized spacial score (nSPS) is 20.9. The molecule has 1 aliphatic rings. The van der Waals surface area contributed by atoms with Gasteiger partial charge in [0.2, 0.25) is 0 Å². The summed E-state index contributed by atoms with van der Waals surface area (Å²) in [6.07, 6.45) is 2.27. The van der Waals surface area contributed by atoms with Crippen molar-refractivity contribution in [3.05, 3.63) is 28.1 Å². The lowest BCUT2D eigenvalue weighted by molar-refractivity contribution is 0.387. The molecule has 0 radical (unpaired) electrons. The molecule has 17 heavy (non-hydrogen) atoms. The molecule has 1 aromatic carbocycles. The van der Waals surface area contributed by atoms with Gasteiger partial charge in [-0.1, -0.05) is 23.2 Å². The molecule has 0 saturated carbocycles. The van der Waals surface area contributed by atoms with Crippen LogP contribution in [0.3, 0.4) is 0 Å². The summed E-state index contributed by atoms with van der Waals surface area (Å²) in [4.78, 5) is 4.49. The van der Waals surface area contributed by atoms with Crippen LogP contribution in [0.15, 0.2) is 16.5 Å². The SMILES string of the molecule is Clc1cc2nc(C3CCCNC3)oc2cc1Cl. The first kappa shape index (κ1) is 11.3. The Morgan fingerprint density at radius 2 is 2.12 bits per heavy atom. The van der Waals surface area contributed by atoms with E-state index in [2.05, 4.69) is 10.3 Å². The maximum atomic E-state index is 5.96. The van der Waals surface area contributed by atoms with Crippen molar-refractivity contribution in [3.63, 3.8) is 0 Å². The molecule has 0 aliphatic carbocycles. The molecule has 0 spiro atoms. The summed E-state index contributed by atoms with van der Waals surface area (Å²) in [6, 6.07) is 3.48. The minimum absolute atomic E-state index is 0.355. The fraction of sp³-hybridized carbons (Fsp3) is 0.417. The van der Waals surface area contributed by atoms with Crippen LogP contribution in [0.5, 0.6) is 0 Å². The molecule has 1 unspecified atom stereocenters.